The molecule has 0 saturated carbocycles. The van der Waals surface area contributed by atoms with Crippen LogP contribution >= 0.6 is 0 Å². The highest BCUT2D eigenvalue weighted by Gasteiger charge is 2.24. The lowest BCUT2D eigenvalue weighted by Crippen LogP contribution is -2.40. The minimum absolute atomic E-state index is 0.00192. The number of fused-ring (bicyclic) bond motifs is 1. The topological polar surface area (TPSA) is 53.4 Å². The second kappa shape index (κ2) is 12.9. The summed E-state index contributed by atoms with van der Waals surface area (Å²) < 4.78 is 15.9. The molecular formula is C33H38FN5O. The molecule has 0 radical (unpaired) electrons. The molecule has 6 nitrogen and oxygen atoms in total. The molecule has 0 bridgehead atoms. The van der Waals surface area contributed by atoms with E-state index in [1.165, 1.54) is 12.1 Å². The molecule has 1 unspecified atom stereocenters. The first kappa shape index (κ1) is 27.6. The van der Waals surface area contributed by atoms with Gasteiger partial charge in [-0.25, -0.2) is 9.37 Å². The van der Waals surface area contributed by atoms with E-state index < -0.39 is 0 Å². The molecule has 208 valence electrons. The lowest BCUT2D eigenvalue weighted by molar-refractivity contribution is 0.0782. The van der Waals surface area contributed by atoms with Gasteiger partial charge in [0, 0.05) is 50.7 Å². The van der Waals surface area contributed by atoms with Crippen LogP contribution in [0, 0.1) is 5.82 Å². The van der Waals surface area contributed by atoms with Gasteiger partial charge in [-0.15, -0.1) is 6.58 Å². The molecule has 1 atom stereocenters. The van der Waals surface area contributed by atoms with Crippen molar-refractivity contribution in [2.24, 2.45) is 0 Å². The number of allylic oxidation sites excluding steroid dienone is 1. The zero-order chi connectivity index (χ0) is 27.9. The summed E-state index contributed by atoms with van der Waals surface area (Å²) in [7, 11) is 1.85. The maximum absolute atomic E-state index is 13.7. The summed E-state index contributed by atoms with van der Waals surface area (Å²) in [5, 5.41) is 3.69. The van der Waals surface area contributed by atoms with Crippen molar-refractivity contribution in [1.29, 1.82) is 0 Å². The summed E-state index contributed by atoms with van der Waals surface area (Å²) >= 11 is 0. The Hall–Kier alpha value is -3.97. The fraction of sp³-hybridized carbons (Fsp3) is 0.333. The average molecular weight is 540 g/mol. The smallest absolute Gasteiger partial charge is 0.253 e. The lowest BCUT2D eigenvalue weighted by Gasteiger charge is -2.34. The molecule has 4 aromatic rings. The number of carbonyl (C=O) groups excluding carboxylic acids is 1. The van der Waals surface area contributed by atoms with Crippen molar-refractivity contribution >= 4 is 22.9 Å². The van der Waals surface area contributed by atoms with Crippen LogP contribution in [0.3, 0.4) is 0 Å². The molecule has 1 aliphatic rings. The van der Waals surface area contributed by atoms with Crippen molar-refractivity contribution < 1.29 is 9.18 Å². The molecule has 1 saturated heterocycles. The second-order valence-electron chi connectivity index (χ2n) is 10.7. The quantitative estimate of drug-likeness (QED) is 0.231. The van der Waals surface area contributed by atoms with Crippen LogP contribution in [0.5, 0.6) is 0 Å². The fourth-order valence-corrected chi connectivity index (χ4v) is 5.63. The number of nitrogens with one attached hydrogen (secondary N) is 1. The first-order valence-corrected chi connectivity index (χ1v) is 14.1. The molecule has 1 aromatic heterocycles. The monoisotopic (exact) mass is 539 g/mol. The van der Waals surface area contributed by atoms with Gasteiger partial charge in [0.05, 0.1) is 11.0 Å². The highest BCUT2D eigenvalue weighted by molar-refractivity contribution is 5.94. The highest BCUT2D eigenvalue weighted by Crippen LogP contribution is 2.25. The number of benzene rings is 3. The Morgan fingerprint density at radius 2 is 1.77 bits per heavy atom. The summed E-state index contributed by atoms with van der Waals surface area (Å²) in [6.45, 7) is 8.13. The van der Waals surface area contributed by atoms with E-state index in [-0.39, 0.29) is 17.6 Å². The van der Waals surface area contributed by atoms with E-state index >= 15 is 0 Å². The van der Waals surface area contributed by atoms with Crippen LogP contribution in [-0.4, -0.2) is 64.5 Å². The summed E-state index contributed by atoms with van der Waals surface area (Å²) in [6, 6.07) is 24.7. The number of aromatic nitrogens is 2. The fourth-order valence-electron chi connectivity index (χ4n) is 5.63. The first-order chi connectivity index (χ1) is 19.5. The van der Waals surface area contributed by atoms with Gasteiger partial charge in [0.25, 0.3) is 5.91 Å². The SMILES string of the molecule is C=CCn1c(NC2CCN(CCC(CN(C)C(=O)c3ccccc3)c3ccc(F)cc3)CC2)nc2ccccc21. The van der Waals surface area contributed by atoms with Crippen molar-refractivity contribution in [3.63, 3.8) is 0 Å². The van der Waals surface area contributed by atoms with E-state index in [0.29, 0.717) is 24.7 Å². The Morgan fingerprint density at radius 1 is 1.07 bits per heavy atom. The third-order valence-electron chi connectivity index (χ3n) is 7.88. The molecule has 1 aliphatic heterocycles. The van der Waals surface area contributed by atoms with Gasteiger partial charge in [0.1, 0.15) is 5.82 Å². The molecule has 2 heterocycles. The van der Waals surface area contributed by atoms with Gasteiger partial charge in [-0.1, -0.05) is 48.5 Å². The largest absolute Gasteiger partial charge is 0.353 e. The van der Waals surface area contributed by atoms with Crippen molar-refractivity contribution in [2.45, 2.75) is 37.8 Å². The standard InChI is InChI=1S/C33H38FN5O/c1-3-20-39-31-12-8-7-11-30(31)36-33(39)35-29-18-22-38(23-19-29)21-17-27(25-13-15-28(34)16-14-25)24-37(2)32(40)26-9-5-4-6-10-26/h3-16,27,29H,1,17-24H2,2H3,(H,35,36). The van der Waals surface area contributed by atoms with E-state index in [9.17, 15) is 9.18 Å². The van der Waals surface area contributed by atoms with Crippen LogP contribution in [0.4, 0.5) is 10.3 Å². The lowest BCUT2D eigenvalue weighted by atomic mass is 9.94. The molecule has 40 heavy (non-hydrogen) atoms. The number of rotatable bonds is 11. The number of anilines is 1. The van der Waals surface area contributed by atoms with Crippen molar-refractivity contribution in [3.8, 4) is 0 Å². The Kier molecular flexibility index (Phi) is 8.91. The predicted molar refractivity (Wildman–Crippen MR) is 160 cm³/mol. The molecule has 5 rings (SSSR count). The Labute approximate surface area is 236 Å². The maximum Gasteiger partial charge on any atom is 0.253 e. The van der Waals surface area contributed by atoms with Gasteiger partial charge in [-0.3, -0.25) is 4.79 Å². The van der Waals surface area contributed by atoms with Gasteiger partial charge in [-0.05, 0) is 67.8 Å². The zero-order valence-electron chi connectivity index (χ0n) is 23.2. The van der Waals surface area contributed by atoms with Gasteiger partial charge in [0.15, 0.2) is 0 Å². The molecule has 1 N–H and O–H groups in total. The summed E-state index contributed by atoms with van der Waals surface area (Å²) in [5.74, 6) is 0.782. The molecule has 1 amide bonds. The van der Waals surface area contributed by atoms with Crippen molar-refractivity contribution in [3.05, 3.63) is 108 Å². The maximum atomic E-state index is 13.7. The van der Waals surface area contributed by atoms with E-state index in [1.807, 2.05) is 73.8 Å². The predicted octanol–water partition coefficient (Wildman–Crippen LogP) is 6.18. The number of halogens is 1. The normalized spacial score (nSPS) is 15.2. The number of hydrogen-bond acceptors (Lipinski definition) is 4. The minimum atomic E-state index is -0.243. The van der Waals surface area contributed by atoms with E-state index in [4.69, 9.17) is 4.98 Å². The zero-order valence-corrected chi connectivity index (χ0v) is 23.2. The van der Waals surface area contributed by atoms with Gasteiger partial charge >= 0.3 is 0 Å². The van der Waals surface area contributed by atoms with Gasteiger partial charge < -0.3 is 19.7 Å². The van der Waals surface area contributed by atoms with Gasteiger partial charge in [0.2, 0.25) is 5.95 Å². The molecule has 3 aromatic carbocycles. The minimum Gasteiger partial charge on any atom is -0.353 e. The summed E-state index contributed by atoms with van der Waals surface area (Å²) in [6.07, 6.45) is 4.87. The Bertz CT molecular complexity index is 1410. The number of para-hydroxylation sites is 2. The number of carbonyl (C=O) groups is 1. The van der Waals surface area contributed by atoms with Crippen molar-refractivity contribution in [2.75, 3.05) is 38.5 Å². The number of piperidine rings is 1. The number of imidazole rings is 1. The molecule has 1 fully saturated rings. The second-order valence-corrected chi connectivity index (χ2v) is 10.7. The summed E-state index contributed by atoms with van der Waals surface area (Å²) in [5.41, 5.74) is 3.85. The van der Waals surface area contributed by atoms with E-state index in [1.54, 1.807) is 4.90 Å². The van der Waals surface area contributed by atoms with Gasteiger partial charge in [-0.2, -0.15) is 0 Å². The number of hydrogen-bond donors (Lipinski definition) is 1. The third-order valence-corrected chi connectivity index (χ3v) is 7.88. The first-order valence-electron chi connectivity index (χ1n) is 14.1. The molecule has 0 spiro atoms. The number of nitrogens with zero attached hydrogens (tertiary/aromatic N) is 4. The van der Waals surface area contributed by atoms with E-state index in [2.05, 4.69) is 27.4 Å². The van der Waals surface area contributed by atoms with Crippen LogP contribution in [0.15, 0.2) is 91.5 Å². The van der Waals surface area contributed by atoms with Crippen molar-refractivity contribution in [1.82, 2.24) is 19.4 Å². The number of likely N-dealkylation sites (N-methyl/N-ethyl adjacent to an activating group) is 1. The van der Waals surface area contributed by atoms with Crippen LogP contribution < -0.4 is 5.32 Å². The highest BCUT2D eigenvalue weighted by atomic mass is 19.1. The molecular weight excluding hydrogens is 501 g/mol. The van der Waals surface area contributed by atoms with Crippen LogP contribution in [0.25, 0.3) is 11.0 Å². The average Bonchev–Trinajstić information content (AvgIpc) is 3.33. The van der Waals surface area contributed by atoms with E-state index in [0.717, 1.165) is 61.4 Å². The van der Waals surface area contributed by atoms with Crippen LogP contribution in [0.2, 0.25) is 0 Å². The third kappa shape index (κ3) is 6.59. The molecule has 7 heteroatoms. The number of likely N-dealkylation sites (tertiary alicyclic amines) is 1. The number of amides is 1. The Morgan fingerprint density at radius 3 is 2.50 bits per heavy atom. The Balaban J connectivity index is 1.19. The summed E-state index contributed by atoms with van der Waals surface area (Å²) in [4.78, 5) is 22.1. The van der Waals surface area contributed by atoms with Crippen LogP contribution in [-0.2, 0) is 6.54 Å². The van der Waals surface area contributed by atoms with Crippen LogP contribution in [0.1, 0.15) is 41.1 Å². The molecule has 0 aliphatic carbocycles.